The maximum Gasteiger partial charge on any atom is 0.0626 e. The molecule has 0 N–H and O–H groups in total. The van der Waals surface area contributed by atoms with Crippen molar-refractivity contribution in [3.63, 3.8) is 0 Å². The predicted octanol–water partition coefficient (Wildman–Crippen LogP) is 13.0. The lowest BCUT2D eigenvalue weighted by molar-refractivity contribution is 1.18. The lowest BCUT2D eigenvalue weighted by atomic mass is 9.96. The third-order valence-corrected chi connectivity index (χ3v) is 10.7. The third-order valence-electron chi connectivity index (χ3n) is 10.7. The highest BCUT2D eigenvalue weighted by Crippen LogP contribution is 2.44. The van der Waals surface area contributed by atoms with Gasteiger partial charge in [-0.05, 0) is 75.1 Å². The molecule has 50 heavy (non-hydrogen) atoms. The van der Waals surface area contributed by atoms with Crippen LogP contribution in [0.25, 0.3) is 98.4 Å². The summed E-state index contributed by atoms with van der Waals surface area (Å²) in [6.07, 6.45) is 0. The number of aromatic nitrogens is 2. The Morgan fingerprint density at radius 3 is 1.66 bits per heavy atom. The van der Waals surface area contributed by atoms with E-state index < -0.39 is 0 Å². The Morgan fingerprint density at radius 1 is 0.280 bits per heavy atom. The summed E-state index contributed by atoms with van der Waals surface area (Å²) in [5, 5.41) is 12.8. The molecule has 0 bridgehead atoms. The highest BCUT2D eigenvalue weighted by atomic mass is 15.0. The van der Waals surface area contributed by atoms with Gasteiger partial charge in [0, 0.05) is 43.7 Å². The number of rotatable bonds is 3. The molecule has 2 aromatic heterocycles. The van der Waals surface area contributed by atoms with E-state index >= 15 is 0 Å². The predicted molar refractivity (Wildman–Crippen MR) is 213 cm³/mol. The van der Waals surface area contributed by atoms with E-state index in [9.17, 15) is 0 Å². The van der Waals surface area contributed by atoms with Crippen molar-refractivity contribution in [1.82, 2.24) is 9.13 Å². The molecular formula is C48H30N2. The number of hydrogen-bond donors (Lipinski definition) is 0. The number of benzene rings is 9. The van der Waals surface area contributed by atoms with Gasteiger partial charge in [-0.3, -0.25) is 0 Å². The molecule has 11 aromatic rings. The van der Waals surface area contributed by atoms with Crippen LogP contribution in [0, 0.1) is 0 Å². The first kappa shape index (κ1) is 27.3. The fraction of sp³-hybridized carbons (Fsp3) is 0. The largest absolute Gasteiger partial charge is 0.309 e. The van der Waals surface area contributed by atoms with E-state index in [2.05, 4.69) is 191 Å². The maximum atomic E-state index is 2.52. The smallest absolute Gasteiger partial charge is 0.0626 e. The molecule has 9 aromatic carbocycles. The molecular weight excluding hydrogens is 605 g/mol. The van der Waals surface area contributed by atoms with Gasteiger partial charge in [-0.2, -0.15) is 0 Å². The molecule has 0 saturated heterocycles. The molecule has 2 nitrogen and oxygen atoms in total. The Hall–Kier alpha value is -6.64. The van der Waals surface area contributed by atoms with Crippen molar-refractivity contribution >= 4 is 75.9 Å². The number of nitrogens with zero attached hydrogens (tertiary/aromatic N) is 2. The van der Waals surface area contributed by atoms with Crippen molar-refractivity contribution in [3.05, 3.63) is 182 Å². The molecule has 0 radical (unpaired) electrons. The first-order valence-electron chi connectivity index (χ1n) is 17.3. The Balaban J connectivity index is 1.16. The Labute approximate surface area is 288 Å². The SMILES string of the molecule is c1ccc(-n2c3ccccc3c3cc(-c4ccc(-n5c6c7ccccc7ccc6c6c7ccccc7c7ccccc7c65)cc4)ccc32)cc1. The van der Waals surface area contributed by atoms with Gasteiger partial charge < -0.3 is 9.13 Å². The van der Waals surface area contributed by atoms with E-state index in [1.807, 2.05) is 0 Å². The van der Waals surface area contributed by atoms with Crippen molar-refractivity contribution in [2.45, 2.75) is 0 Å². The molecule has 2 heteroatoms. The second-order valence-electron chi connectivity index (χ2n) is 13.3. The van der Waals surface area contributed by atoms with Gasteiger partial charge in [0.1, 0.15) is 0 Å². The summed E-state index contributed by atoms with van der Waals surface area (Å²) >= 11 is 0. The van der Waals surface area contributed by atoms with Crippen LogP contribution >= 0.6 is 0 Å². The van der Waals surface area contributed by atoms with E-state index in [1.54, 1.807) is 0 Å². The van der Waals surface area contributed by atoms with Crippen LogP contribution in [0.2, 0.25) is 0 Å². The number of hydrogen-bond acceptors (Lipinski definition) is 0. The molecule has 0 aliphatic heterocycles. The van der Waals surface area contributed by atoms with Crippen molar-refractivity contribution < 1.29 is 0 Å². The molecule has 0 amide bonds. The van der Waals surface area contributed by atoms with Crippen molar-refractivity contribution in [2.75, 3.05) is 0 Å². The zero-order valence-electron chi connectivity index (χ0n) is 27.2. The Bertz CT molecular complexity index is 3120. The highest BCUT2D eigenvalue weighted by Gasteiger charge is 2.20. The molecule has 0 atom stereocenters. The van der Waals surface area contributed by atoms with Crippen LogP contribution in [0.3, 0.4) is 0 Å². The monoisotopic (exact) mass is 634 g/mol. The fourth-order valence-corrected chi connectivity index (χ4v) is 8.51. The molecule has 11 rings (SSSR count). The van der Waals surface area contributed by atoms with Gasteiger partial charge in [-0.1, -0.05) is 140 Å². The molecule has 0 unspecified atom stereocenters. The van der Waals surface area contributed by atoms with Crippen molar-refractivity contribution in [1.29, 1.82) is 0 Å². The van der Waals surface area contributed by atoms with Crippen molar-refractivity contribution in [3.8, 4) is 22.5 Å². The van der Waals surface area contributed by atoms with E-state index in [0.717, 1.165) is 5.69 Å². The second-order valence-corrected chi connectivity index (χ2v) is 13.3. The van der Waals surface area contributed by atoms with Crippen LogP contribution in [0.1, 0.15) is 0 Å². The van der Waals surface area contributed by atoms with Crippen LogP contribution < -0.4 is 0 Å². The average molecular weight is 635 g/mol. The second kappa shape index (κ2) is 10.4. The molecule has 0 spiro atoms. The summed E-state index contributed by atoms with van der Waals surface area (Å²) in [6.45, 7) is 0. The van der Waals surface area contributed by atoms with Crippen LogP contribution in [-0.2, 0) is 0 Å². The summed E-state index contributed by atoms with van der Waals surface area (Å²) in [7, 11) is 0. The first-order valence-corrected chi connectivity index (χ1v) is 17.3. The minimum absolute atomic E-state index is 1.16. The zero-order chi connectivity index (χ0) is 32.8. The normalized spacial score (nSPS) is 12.0. The molecule has 232 valence electrons. The van der Waals surface area contributed by atoms with Crippen LogP contribution in [-0.4, -0.2) is 9.13 Å². The number of fused-ring (bicyclic) bond motifs is 13. The molecule has 0 aliphatic rings. The van der Waals surface area contributed by atoms with Gasteiger partial charge in [-0.15, -0.1) is 0 Å². The van der Waals surface area contributed by atoms with Gasteiger partial charge >= 0.3 is 0 Å². The van der Waals surface area contributed by atoms with Crippen LogP contribution in [0.4, 0.5) is 0 Å². The van der Waals surface area contributed by atoms with Crippen LogP contribution in [0.5, 0.6) is 0 Å². The zero-order valence-corrected chi connectivity index (χ0v) is 27.2. The first-order chi connectivity index (χ1) is 24.8. The minimum atomic E-state index is 1.16. The third kappa shape index (κ3) is 3.79. The van der Waals surface area contributed by atoms with Gasteiger partial charge in [0.05, 0.1) is 22.1 Å². The Kier molecular flexibility index (Phi) is 5.70. The van der Waals surface area contributed by atoms with Gasteiger partial charge in [0.15, 0.2) is 0 Å². The topological polar surface area (TPSA) is 9.86 Å². The standard InChI is InChI=1S/C48H30N2/c1-2-13-34(14-3-1)49-44-21-11-10-18-39(44)43-30-33(25-29-45(43)49)31-22-26-35(27-23-31)50-47-36-15-5-4-12-32(36)24-28-42(47)46-40-19-8-6-16-37(40)38-17-7-9-20-41(38)48(46)50/h1-30H. The van der Waals surface area contributed by atoms with E-state index in [0.29, 0.717) is 0 Å². The molecule has 0 aliphatic carbocycles. The molecule has 2 heterocycles. The van der Waals surface area contributed by atoms with E-state index in [4.69, 9.17) is 0 Å². The van der Waals surface area contributed by atoms with Gasteiger partial charge in [0.25, 0.3) is 0 Å². The summed E-state index contributed by atoms with van der Waals surface area (Å²) < 4.78 is 4.89. The van der Waals surface area contributed by atoms with Gasteiger partial charge in [-0.25, -0.2) is 0 Å². The summed E-state index contributed by atoms with van der Waals surface area (Å²) in [5.41, 5.74) is 9.70. The van der Waals surface area contributed by atoms with Crippen molar-refractivity contribution in [2.24, 2.45) is 0 Å². The number of para-hydroxylation sites is 2. The van der Waals surface area contributed by atoms with E-state index in [-0.39, 0.29) is 0 Å². The highest BCUT2D eigenvalue weighted by molar-refractivity contribution is 6.34. The summed E-state index contributed by atoms with van der Waals surface area (Å²) in [5.74, 6) is 0. The lowest BCUT2D eigenvalue weighted by Gasteiger charge is -2.13. The molecule has 0 fully saturated rings. The summed E-state index contributed by atoms with van der Waals surface area (Å²) in [6, 6.07) is 66.6. The maximum absolute atomic E-state index is 2.52. The lowest BCUT2D eigenvalue weighted by Crippen LogP contribution is -1.96. The van der Waals surface area contributed by atoms with E-state index in [1.165, 1.54) is 92.7 Å². The van der Waals surface area contributed by atoms with Gasteiger partial charge in [0.2, 0.25) is 0 Å². The van der Waals surface area contributed by atoms with Crippen LogP contribution in [0.15, 0.2) is 182 Å². The average Bonchev–Trinajstić information content (AvgIpc) is 3.72. The quantitative estimate of drug-likeness (QED) is 0.171. The Morgan fingerprint density at radius 2 is 0.860 bits per heavy atom. The fourth-order valence-electron chi connectivity index (χ4n) is 8.51. The minimum Gasteiger partial charge on any atom is -0.309 e. The summed E-state index contributed by atoms with van der Waals surface area (Å²) in [4.78, 5) is 0. The molecule has 0 saturated carbocycles.